The Balaban J connectivity index is 2.16. The fraction of sp³-hybridized carbons (Fsp3) is 0.0909. The largest absolute Gasteiger partial charge is 0.423 e. The summed E-state index contributed by atoms with van der Waals surface area (Å²) in [6.07, 6.45) is 8.09. The minimum Gasteiger partial charge on any atom is -0.423 e. The SMILES string of the molecule is C=CC(=O)Oc1cc(/C=C/c2ccc(OC(=O)C(=C)C)c(OC(=O)C(=C)C)c2)c(OC(=O)C=C)cc1/C=C/c1ccc(OC(=O)C(=C)C)c(OC(=O)C(=C)C)c1. The predicted octanol–water partition coefficient (Wildman–Crippen LogP) is 8.14. The number of esters is 6. The van der Waals surface area contributed by atoms with E-state index in [4.69, 9.17) is 28.4 Å². The van der Waals surface area contributed by atoms with Gasteiger partial charge in [0.25, 0.3) is 0 Å². The van der Waals surface area contributed by atoms with Crippen LogP contribution in [-0.4, -0.2) is 35.8 Å². The Hall–Kier alpha value is -7.60. The highest BCUT2D eigenvalue weighted by atomic mass is 16.6. The molecule has 12 heteroatoms. The van der Waals surface area contributed by atoms with E-state index < -0.39 is 35.8 Å². The average Bonchev–Trinajstić information content (AvgIpc) is 3.15. The maximum absolute atomic E-state index is 12.4. The maximum Gasteiger partial charge on any atom is 0.338 e. The Bertz CT molecular complexity index is 2110. The molecule has 0 unspecified atom stereocenters. The number of benzene rings is 3. The van der Waals surface area contributed by atoms with Gasteiger partial charge in [0, 0.05) is 45.6 Å². The molecule has 3 rings (SSSR count). The van der Waals surface area contributed by atoms with Gasteiger partial charge in [0.05, 0.1) is 0 Å². The monoisotopic (exact) mass is 758 g/mol. The third kappa shape index (κ3) is 12.2. The predicted molar refractivity (Wildman–Crippen MR) is 211 cm³/mol. The molecule has 56 heavy (non-hydrogen) atoms. The van der Waals surface area contributed by atoms with Crippen molar-refractivity contribution in [3.8, 4) is 34.5 Å². The molecule has 0 aromatic heterocycles. The molecular weight excluding hydrogens is 720 g/mol. The van der Waals surface area contributed by atoms with Crippen LogP contribution in [0, 0.1) is 0 Å². The second kappa shape index (κ2) is 19.5. The van der Waals surface area contributed by atoms with Gasteiger partial charge in [0.1, 0.15) is 11.5 Å². The minimum atomic E-state index is -0.799. The Morgan fingerprint density at radius 1 is 0.411 bits per heavy atom. The highest BCUT2D eigenvalue weighted by Crippen LogP contribution is 2.35. The molecule has 0 heterocycles. The zero-order chi connectivity index (χ0) is 41.7. The molecule has 0 bridgehead atoms. The zero-order valence-corrected chi connectivity index (χ0v) is 31.2. The molecule has 0 spiro atoms. The highest BCUT2D eigenvalue weighted by Gasteiger charge is 2.18. The van der Waals surface area contributed by atoms with Crippen molar-refractivity contribution in [2.24, 2.45) is 0 Å². The molecule has 0 N–H and O–H groups in total. The fourth-order valence-corrected chi connectivity index (χ4v) is 4.03. The number of hydrogen-bond donors (Lipinski definition) is 0. The first-order valence-corrected chi connectivity index (χ1v) is 16.4. The summed E-state index contributed by atoms with van der Waals surface area (Å²) in [7, 11) is 0. The van der Waals surface area contributed by atoms with E-state index in [9.17, 15) is 28.8 Å². The van der Waals surface area contributed by atoms with Crippen LogP contribution in [0.2, 0.25) is 0 Å². The van der Waals surface area contributed by atoms with Crippen LogP contribution in [0.15, 0.2) is 122 Å². The van der Waals surface area contributed by atoms with Gasteiger partial charge >= 0.3 is 35.8 Å². The first-order chi connectivity index (χ1) is 26.4. The van der Waals surface area contributed by atoms with Crippen molar-refractivity contribution in [2.75, 3.05) is 0 Å². The first kappa shape index (κ1) is 42.8. The van der Waals surface area contributed by atoms with Crippen molar-refractivity contribution in [1.29, 1.82) is 0 Å². The van der Waals surface area contributed by atoms with Crippen molar-refractivity contribution >= 4 is 60.1 Å². The second-order valence-electron chi connectivity index (χ2n) is 11.9. The van der Waals surface area contributed by atoms with Gasteiger partial charge in [0.15, 0.2) is 23.0 Å². The van der Waals surface area contributed by atoms with Gasteiger partial charge in [-0.05, 0) is 75.2 Å². The standard InChI is InChI=1S/C44H38O12/c1-11-39(45)51-35-23-32(18-14-30-16-20-34(54-42(48)26(5)6)38(22-30)56-44(50)28(9)10)36(52-40(46)12-2)24-31(35)17-13-29-15-19-33(53-41(47)25(3)4)37(21-29)55-43(49)27(7)8/h11-24H,1-3,5,7,9H2,4,6,8,10H3/b17-13+,18-14+. The van der Waals surface area contributed by atoms with Crippen molar-refractivity contribution < 1.29 is 57.2 Å². The van der Waals surface area contributed by atoms with E-state index in [2.05, 4.69) is 39.5 Å². The van der Waals surface area contributed by atoms with Crippen LogP contribution in [0.5, 0.6) is 34.5 Å². The van der Waals surface area contributed by atoms with Crippen LogP contribution in [0.3, 0.4) is 0 Å². The van der Waals surface area contributed by atoms with Crippen LogP contribution in [0.25, 0.3) is 24.3 Å². The van der Waals surface area contributed by atoms with E-state index >= 15 is 0 Å². The molecular formula is C44H38O12. The summed E-state index contributed by atoms with van der Waals surface area (Å²) in [4.78, 5) is 74.1. The number of carbonyl (C=O) groups excluding carboxylic acids is 6. The number of rotatable bonds is 16. The van der Waals surface area contributed by atoms with E-state index in [0.29, 0.717) is 11.1 Å². The van der Waals surface area contributed by atoms with Gasteiger partial charge in [-0.1, -0.05) is 75.9 Å². The lowest BCUT2D eigenvalue weighted by Crippen LogP contribution is -2.12. The molecule has 0 radical (unpaired) electrons. The van der Waals surface area contributed by atoms with Gasteiger partial charge in [0.2, 0.25) is 0 Å². The van der Waals surface area contributed by atoms with Crippen LogP contribution in [0.4, 0.5) is 0 Å². The van der Waals surface area contributed by atoms with Crippen molar-refractivity contribution in [2.45, 2.75) is 27.7 Å². The van der Waals surface area contributed by atoms with Gasteiger partial charge < -0.3 is 28.4 Å². The lowest BCUT2D eigenvalue weighted by atomic mass is 10.0. The van der Waals surface area contributed by atoms with Crippen molar-refractivity contribution in [3.05, 3.63) is 145 Å². The first-order valence-electron chi connectivity index (χ1n) is 16.4. The number of ether oxygens (including phenoxy) is 6. The average molecular weight is 759 g/mol. The molecule has 0 saturated carbocycles. The summed E-state index contributed by atoms with van der Waals surface area (Å²) >= 11 is 0. The molecule has 0 aliphatic rings. The lowest BCUT2D eigenvalue weighted by Gasteiger charge is -2.13. The van der Waals surface area contributed by atoms with Crippen LogP contribution in [-0.2, 0) is 28.8 Å². The second-order valence-corrected chi connectivity index (χ2v) is 11.9. The molecule has 0 saturated heterocycles. The maximum atomic E-state index is 12.4. The van der Waals surface area contributed by atoms with E-state index in [1.807, 2.05) is 0 Å². The molecule has 0 aliphatic carbocycles. The van der Waals surface area contributed by atoms with E-state index in [1.54, 1.807) is 24.3 Å². The van der Waals surface area contributed by atoms with E-state index in [0.717, 1.165) is 12.2 Å². The fourth-order valence-electron chi connectivity index (χ4n) is 4.03. The molecule has 286 valence electrons. The van der Waals surface area contributed by atoms with Gasteiger partial charge in [-0.3, -0.25) is 0 Å². The van der Waals surface area contributed by atoms with Gasteiger partial charge in [-0.25, -0.2) is 28.8 Å². The Kier molecular flexibility index (Phi) is 14.9. The normalized spacial score (nSPS) is 10.5. The summed E-state index contributed by atoms with van der Waals surface area (Å²) in [6, 6.07) is 11.6. The molecule has 0 aliphatic heterocycles. The van der Waals surface area contributed by atoms with Crippen LogP contribution >= 0.6 is 0 Å². The third-order valence-electron chi connectivity index (χ3n) is 6.95. The minimum absolute atomic E-state index is 0.0169. The molecule has 0 atom stereocenters. The third-order valence-corrected chi connectivity index (χ3v) is 6.95. The summed E-state index contributed by atoms with van der Waals surface area (Å²) < 4.78 is 32.5. The van der Waals surface area contributed by atoms with E-state index in [-0.39, 0.29) is 67.9 Å². The van der Waals surface area contributed by atoms with Crippen molar-refractivity contribution in [1.82, 2.24) is 0 Å². The molecule has 0 fully saturated rings. The summed E-state index contributed by atoms with van der Waals surface area (Å²) in [5.41, 5.74) is 1.82. The molecule has 12 nitrogen and oxygen atoms in total. The van der Waals surface area contributed by atoms with E-state index in [1.165, 1.54) is 76.2 Å². The number of carbonyl (C=O) groups is 6. The zero-order valence-electron chi connectivity index (χ0n) is 31.2. The quantitative estimate of drug-likeness (QED) is 0.0599. The van der Waals surface area contributed by atoms with Crippen molar-refractivity contribution in [3.63, 3.8) is 0 Å². The van der Waals surface area contributed by atoms with Crippen LogP contribution < -0.4 is 28.4 Å². The Morgan fingerprint density at radius 3 is 1.00 bits per heavy atom. The Morgan fingerprint density at radius 2 is 0.714 bits per heavy atom. The van der Waals surface area contributed by atoms with Crippen LogP contribution in [0.1, 0.15) is 49.9 Å². The molecule has 0 amide bonds. The highest BCUT2D eigenvalue weighted by molar-refractivity contribution is 5.93. The van der Waals surface area contributed by atoms with Gasteiger partial charge in [-0.15, -0.1) is 0 Å². The topological polar surface area (TPSA) is 158 Å². The summed E-state index contributed by atoms with van der Waals surface area (Å²) in [5, 5.41) is 0. The summed E-state index contributed by atoms with van der Waals surface area (Å²) in [5.74, 6) is -4.85. The Labute approximate surface area is 323 Å². The summed E-state index contributed by atoms with van der Waals surface area (Å²) in [6.45, 7) is 27.0. The molecule has 3 aromatic rings. The number of hydrogen-bond acceptors (Lipinski definition) is 12. The van der Waals surface area contributed by atoms with Gasteiger partial charge in [-0.2, -0.15) is 0 Å². The smallest absolute Gasteiger partial charge is 0.338 e. The lowest BCUT2D eigenvalue weighted by molar-refractivity contribution is -0.132. The molecule has 3 aromatic carbocycles.